The van der Waals surface area contributed by atoms with Crippen LogP contribution < -0.4 is 10.6 Å². The van der Waals surface area contributed by atoms with Gasteiger partial charge in [-0.1, -0.05) is 6.07 Å². The van der Waals surface area contributed by atoms with E-state index in [-0.39, 0.29) is 11.8 Å². The Kier molecular flexibility index (Phi) is 6.76. The number of nitriles is 1. The number of nitrogens with zero attached hydrogens (tertiary/aromatic N) is 6. The van der Waals surface area contributed by atoms with Crippen molar-refractivity contribution in [3.05, 3.63) is 59.1 Å². The standard InChI is InChI=1S/C21H22N8OS/c22-7-11-29-10-3-4-15(13-29)17-6-9-24-20(26-17)28-21-27-18(14-31-21)19(30)25-12-16-5-1-2-8-23-16/h1-2,5-6,8-9,14-15H,3-4,10-13H2,(H,25,30)(H,24,26,27,28)/t15-/m1/s1. The van der Waals surface area contributed by atoms with E-state index in [1.807, 2.05) is 24.3 Å². The van der Waals surface area contributed by atoms with E-state index in [2.05, 4.69) is 41.5 Å². The number of piperidine rings is 1. The summed E-state index contributed by atoms with van der Waals surface area (Å²) in [6, 6.07) is 9.70. The molecule has 1 aliphatic heterocycles. The van der Waals surface area contributed by atoms with Crippen molar-refractivity contribution < 1.29 is 4.79 Å². The summed E-state index contributed by atoms with van der Waals surface area (Å²) in [7, 11) is 0. The van der Waals surface area contributed by atoms with Crippen LogP contribution in [0.1, 0.15) is 40.6 Å². The fourth-order valence-corrected chi connectivity index (χ4v) is 4.18. The molecule has 158 valence electrons. The minimum atomic E-state index is -0.260. The zero-order valence-corrected chi connectivity index (χ0v) is 17.7. The van der Waals surface area contributed by atoms with Gasteiger partial charge >= 0.3 is 0 Å². The molecule has 4 heterocycles. The van der Waals surface area contributed by atoms with Gasteiger partial charge < -0.3 is 10.6 Å². The zero-order chi connectivity index (χ0) is 21.5. The maximum atomic E-state index is 12.3. The van der Waals surface area contributed by atoms with Crippen LogP contribution in [0.3, 0.4) is 0 Å². The summed E-state index contributed by atoms with van der Waals surface area (Å²) < 4.78 is 0. The number of carbonyl (C=O) groups is 1. The van der Waals surface area contributed by atoms with Crippen LogP contribution in [0.4, 0.5) is 11.1 Å². The lowest BCUT2D eigenvalue weighted by atomic mass is 9.94. The topological polar surface area (TPSA) is 120 Å². The molecule has 0 aromatic carbocycles. The highest BCUT2D eigenvalue weighted by Crippen LogP contribution is 2.26. The molecule has 0 bridgehead atoms. The first-order valence-electron chi connectivity index (χ1n) is 10.0. The molecule has 0 unspecified atom stereocenters. The molecule has 0 aliphatic carbocycles. The summed E-state index contributed by atoms with van der Waals surface area (Å²) in [5.41, 5.74) is 2.06. The first-order chi connectivity index (χ1) is 15.2. The molecular weight excluding hydrogens is 412 g/mol. The Labute approximate surface area is 184 Å². The second-order valence-electron chi connectivity index (χ2n) is 7.20. The van der Waals surface area contributed by atoms with Crippen LogP contribution in [0.25, 0.3) is 0 Å². The first-order valence-corrected chi connectivity index (χ1v) is 10.9. The number of nitrogens with one attached hydrogen (secondary N) is 2. The van der Waals surface area contributed by atoms with E-state index in [0.29, 0.717) is 29.9 Å². The summed E-state index contributed by atoms with van der Waals surface area (Å²) in [6.07, 6.45) is 5.50. The van der Waals surface area contributed by atoms with Gasteiger partial charge in [-0.05, 0) is 37.6 Å². The Morgan fingerprint density at radius 1 is 1.26 bits per heavy atom. The molecule has 1 aliphatic rings. The molecule has 1 saturated heterocycles. The SMILES string of the molecule is N#CCN1CCC[C@@H](c2ccnc(Nc3nc(C(=O)NCc4ccccn4)cs3)n2)C1. The molecule has 0 spiro atoms. The molecule has 10 heteroatoms. The molecule has 3 aromatic heterocycles. The molecular formula is C21H22N8OS. The number of anilines is 2. The van der Waals surface area contributed by atoms with Crippen LogP contribution in [-0.2, 0) is 6.54 Å². The van der Waals surface area contributed by atoms with Gasteiger partial charge in [-0.25, -0.2) is 15.0 Å². The Balaban J connectivity index is 1.37. The maximum Gasteiger partial charge on any atom is 0.271 e. The number of rotatable bonds is 7. The molecule has 0 saturated carbocycles. The van der Waals surface area contributed by atoms with Gasteiger partial charge in [-0.15, -0.1) is 11.3 Å². The second-order valence-corrected chi connectivity index (χ2v) is 8.06. The average molecular weight is 435 g/mol. The van der Waals surface area contributed by atoms with E-state index in [1.165, 1.54) is 11.3 Å². The predicted molar refractivity (Wildman–Crippen MR) is 117 cm³/mol. The van der Waals surface area contributed by atoms with E-state index in [9.17, 15) is 4.79 Å². The highest BCUT2D eigenvalue weighted by atomic mass is 32.1. The summed E-state index contributed by atoms with van der Waals surface area (Å²) in [4.78, 5) is 32.0. The van der Waals surface area contributed by atoms with Crippen LogP contribution in [0.2, 0.25) is 0 Å². The lowest BCUT2D eigenvalue weighted by molar-refractivity contribution is 0.0946. The third kappa shape index (κ3) is 5.59. The average Bonchev–Trinajstić information content (AvgIpc) is 3.27. The van der Waals surface area contributed by atoms with Gasteiger partial charge in [0.2, 0.25) is 5.95 Å². The fraction of sp³-hybridized carbons (Fsp3) is 0.333. The molecule has 3 aromatic rings. The minimum absolute atomic E-state index is 0.260. The number of carbonyl (C=O) groups excluding carboxylic acids is 1. The van der Waals surface area contributed by atoms with Crippen LogP contribution in [-0.4, -0.2) is 50.4 Å². The highest BCUT2D eigenvalue weighted by Gasteiger charge is 2.22. The molecule has 0 radical (unpaired) electrons. The number of pyridine rings is 1. The zero-order valence-electron chi connectivity index (χ0n) is 16.9. The number of aromatic nitrogens is 4. The number of hydrogen-bond donors (Lipinski definition) is 2. The summed E-state index contributed by atoms with van der Waals surface area (Å²) in [5, 5.41) is 17.1. The van der Waals surface area contributed by atoms with Crippen LogP contribution in [0, 0.1) is 11.3 Å². The van der Waals surface area contributed by atoms with E-state index in [4.69, 9.17) is 5.26 Å². The van der Waals surface area contributed by atoms with Crippen LogP contribution in [0.5, 0.6) is 0 Å². The van der Waals surface area contributed by atoms with E-state index >= 15 is 0 Å². The van der Waals surface area contributed by atoms with Crippen molar-refractivity contribution in [2.45, 2.75) is 25.3 Å². The van der Waals surface area contributed by atoms with Crippen LogP contribution >= 0.6 is 11.3 Å². The Hall–Kier alpha value is -3.42. The summed E-state index contributed by atoms with van der Waals surface area (Å²) in [5.74, 6) is 0.462. The Morgan fingerprint density at radius 2 is 2.19 bits per heavy atom. The molecule has 4 rings (SSSR count). The highest BCUT2D eigenvalue weighted by molar-refractivity contribution is 7.14. The lowest BCUT2D eigenvalue weighted by Gasteiger charge is -2.30. The largest absolute Gasteiger partial charge is 0.345 e. The van der Waals surface area contributed by atoms with Gasteiger partial charge in [0.1, 0.15) is 5.69 Å². The van der Waals surface area contributed by atoms with Gasteiger partial charge in [0.05, 0.1) is 30.5 Å². The fourth-order valence-electron chi connectivity index (χ4n) is 3.50. The predicted octanol–water partition coefficient (Wildman–Crippen LogP) is 2.70. The van der Waals surface area contributed by atoms with Gasteiger partial charge in [0.25, 0.3) is 5.91 Å². The smallest absolute Gasteiger partial charge is 0.271 e. The quantitative estimate of drug-likeness (QED) is 0.545. The maximum absolute atomic E-state index is 12.3. The number of amides is 1. The Bertz CT molecular complexity index is 1060. The normalized spacial score (nSPS) is 16.4. The van der Waals surface area contributed by atoms with Crippen molar-refractivity contribution in [3.63, 3.8) is 0 Å². The summed E-state index contributed by atoms with van der Waals surface area (Å²) in [6.45, 7) is 2.55. The monoisotopic (exact) mass is 434 g/mol. The van der Waals surface area contributed by atoms with Gasteiger partial charge in [-0.3, -0.25) is 14.7 Å². The van der Waals surface area contributed by atoms with Gasteiger partial charge in [0, 0.05) is 30.2 Å². The first kappa shape index (κ1) is 20.8. The van der Waals surface area contributed by atoms with Crippen molar-refractivity contribution in [1.82, 2.24) is 30.2 Å². The van der Waals surface area contributed by atoms with Crippen molar-refractivity contribution in [1.29, 1.82) is 5.26 Å². The number of thiazole rings is 1. The van der Waals surface area contributed by atoms with Gasteiger partial charge in [0.15, 0.2) is 5.13 Å². The second kappa shape index (κ2) is 10.1. The molecule has 9 nitrogen and oxygen atoms in total. The third-order valence-corrected chi connectivity index (χ3v) is 5.76. The lowest BCUT2D eigenvalue weighted by Crippen LogP contribution is -2.34. The van der Waals surface area contributed by atoms with E-state index < -0.39 is 0 Å². The van der Waals surface area contributed by atoms with Gasteiger partial charge in [-0.2, -0.15) is 5.26 Å². The molecule has 1 fully saturated rings. The molecule has 2 N–H and O–H groups in total. The molecule has 1 atom stereocenters. The van der Waals surface area contributed by atoms with Crippen molar-refractivity contribution in [2.75, 3.05) is 25.0 Å². The minimum Gasteiger partial charge on any atom is -0.345 e. The van der Waals surface area contributed by atoms with Crippen molar-refractivity contribution >= 4 is 28.3 Å². The van der Waals surface area contributed by atoms with Crippen molar-refractivity contribution in [2.24, 2.45) is 0 Å². The summed E-state index contributed by atoms with van der Waals surface area (Å²) >= 11 is 1.32. The third-order valence-electron chi connectivity index (χ3n) is 5.01. The van der Waals surface area contributed by atoms with E-state index in [1.54, 1.807) is 17.8 Å². The molecule has 31 heavy (non-hydrogen) atoms. The Morgan fingerprint density at radius 3 is 3.03 bits per heavy atom. The number of hydrogen-bond acceptors (Lipinski definition) is 9. The van der Waals surface area contributed by atoms with E-state index in [0.717, 1.165) is 37.3 Å². The van der Waals surface area contributed by atoms with Crippen LogP contribution in [0.15, 0.2) is 42.0 Å². The van der Waals surface area contributed by atoms with Crippen molar-refractivity contribution in [3.8, 4) is 6.07 Å². The molecule has 1 amide bonds. The number of likely N-dealkylation sites (tertiary alicyclic amines) is 1.